The predicted molar refractivity (Wildman–Crippen MR) is 169 cm³/mol. The van der Waals surface area contributed by atoms with E-state index in [4.69, 9.17) is 4.74 Å². The van der Waals surface area contributed by atoms with Gasteiger partial charge < -0.3 is 9.30 Å². The molecule has 1 amide bonds. The lowest BCUT2D eigenvalue weighted by atomic mass is 9.78. The van der Waals surface area contributed by atoms with Crippen LogP contribution in [0.2, 0.25) is 0 Å². The summed E-state index contributed by atoms with van der Waals surface area (Å²) in [6, 6.07) is 16.3. The van der Waals surface area contributed by atoms with E-state index >= 15 is 4.39 Å². The number of hydrogen-bond acceptors (Lipinski definition) is 7. The fourth-order valence-electron chi connectivity index (χ4n) is 7.51. The summed E-state index contributed by atoms with van der Waals surface area (Å²) in [6.07, 6.45) is 6.80. The number of halogens is 1. The third-order valence-electron chi connectivity index (χ3n) is 9.62. The van der Waals surface area contributed by atoms with Crippen molar-refractivity contribution in [3.8, 4) is 17.5 Å². The SMILES string of the molecule is C[C@@H]1CN(Cc2ccc3cccc4c3c2C(=O)N4C2(c3ccc(-c4nncn4C)c(C4CC4)c3C#N)C=C(F)N=CC2)CCO1. The first-order valence-electron chi connectivity index (χ1n) is 15.5. The molecule has 8 rings (SSSR count). The third kappa shape index (κ3) is 4.33. The van der Waals surface area contributed by atoms with E-state index in [1.165, 1.54) is 12.3 Å². The van der Waals surface area contributed by atoms with E-state index in [1.54, 1.807) is 11.2 Å². The van der Waals surface area contributed by atoms with Gasteiger partial charge in [0.25, 0.3) is 5.91 Å². The van der Waals surface area contributed by atoms with Crippen molar-refractivity contribution in [1.82, 2.24) is 19.7 Å². The van der Waals surface area contributed by atoms with Crippen LogP contribution in [-0.4, -0.2) is 57.6 Å². The molecule has 2 fully saturated rings. The Hall–Kier alpha value is -4.72. The molecule has 2 atom stereocenters. The normalized spacial score (nSPS) is 23.1. The number of aromatic nitrogens is 3. The zero-order valence-corrected chi connectivity index (χ0v) is 25.2. The molecule has 3 aliphatic heterocycles. The fraction of sp³-hybridized carbons (Fsp3) is 0.343. The number of carbonyl (C=O) groups is 1. The number of carbonyl (C=O) groups excluding carboxylic acids is 1. The van der Waals surface area contributed by atoms with E-state index in [1.807, 2.05) is 48.0 Å². The summed E-state index contributed by atoms with van der Waals surface area (Å²) >= 11 is 0. The van der Waals surface area contributed by atoms with Crippen LogP contribution < -0.4 is 4.90 Å². The molecule has 1 saturated carbocycles. The number of ether oxygens (including phenoxy) is 1. The zero-order valence-electron chi connectivity index (χ0n) is 25.2. The predicted octanol–water partition coefficient (Wildman–Crippen LogP) is 5.75. The van der Waals surface area contributed by atoms with Crippen LogP contribution in [0.25, 0.3) is 22.2 Å². The molecule has 1 aliphatic carbocycles. The lowest BCUT2D eigenvalue weighted by Gasteiger charge is -2.41. The zero-order chi connectivity index (χ0) is 30.9. The van der Waals surface area contributed by atoms with Gasteiger partial charge in [0.05, 0.1) is 35.6 Å². The van der Waals surface area contributed by atoms with Crippen LogP contribution in [0, 0.1) is 11.3 Å². The summed E-state index contributed by atoms with van der Waals surface area (Å²) in [5, 5.41) is 21.0. The molecule has 0 spiro atoms. The molecule has 3 aromatic carbocycles. The summed E-state index contributed by atoms with van der Waals surface area (Å²) in [5.41, 5.74) is 3.71. The van der Waals surface area contributed by atoms with Crippen molar-refractivity contribution >= 4 is 28.6 Å². The number of aliphatic imine (C=N–C) groups is 1. The van der Waals surface area contributed by atoms with Crippen molar-refractivity contribution in [3.63, 3.8) is 0 Å². The van der Waals surface area contributed by atoms with Crippen LogP contribution in [0.5, 0.6) is 0 Å². The van der Waals surface area contributed by atoms with Gasteiger partial charge >= 0.3 is 0 Å². The summed E-state index contributed by atoms with van der Waals surface area (Å²) in [5.74, 6) is -0.0510. The van der Waals surface area contributed by atoms with Gasteiger partial charge in [-0.25, -0.2) is 4.99 Å². The van der Waals surface area contributed by atoms with Crippen molar-refractivity contribution in [2.24, 2.45) is 12.0 Å². The number of rotatable bonds is 6. The Kier molecular flexibility index (Phi) is 6.45. The molecule has 0 radical (unpaired) electrons. The summed E-state index contributed by atoms with van der Waals surface area (Å²) < 4.78 is 23.0. The first-order chi connectivity index (χ1) is 21.9. The third-order valence-corrected chi connectivity index (χ3v) is 9.62. The highest BCUT2D eigenvalue weighted by molar-refractivity contribution is 6.26. The van der Waals surface area contributed by atoms with Gasteiger partial charge in [-0.15, -0.1) is 10.2 Å². The average Bonchev–Trinajstić information content (AvgIpc) is 3.71. The van der Waals surface area contributed by atoms with Gasteiger partial charge in [0.1, 0.15) is 11.9 Å². The van der Waals surface area contributed by atoms with E-state index < -0.39 is 11.5 Å². The number of amides is 1. The van der Waals surface area contributed by atoms with Gasteiger partial charge in [-0.2, -0.15) is 9.65 Å². The van der Waals surface area contributed by atoms with Crippen molar-refractivity contribution in [2.75, 3.05) is 24.6 Å². The number of nitrogens with zero attached hydrogens (tertiary/aromatic N) is 7. The second-order valence-corrected chi connectivity index (χ2v) is 12.5. The largest absolute Gasteiger partial charge is 0.376 e. The molecule has 1 saturated heterocycles. The molecule has 10 heteroatoms. The van der Waals surface area contributed by atoms with Crippen LogP contribution in [0.15, 0.2) is 65.8 Å². The first kappa shape index (κ1) is 27.8. The second kappa shape index (κ2) is 10.4. The highest BCUT2D eigenvalue weighted by atomic mass is 19.1. The van der Waals surface area contributed by atoms with Gasteiger partial charge in [0, 0.05) is 61.9 Å². The lowest BCUT2D eigenvalue weighted by molar-refractivity contribution is -0.0212. The maximum Gasteiger partial charge on any atom is 0.260 e. The van der Waals surface area contributed by atoms with E-state index in [9.17, 15) is 10.1 Å². The Balaban J connectivity index is 1.33. The van der Waals surface area contributed by atoms with Gasteiger partial charge in [-0.3, -0.25) is 14.6 Å². The van der Waals surface area contributed by atoms with Gasteiger partial charge in [-0.05, 0) is 48.3 Å². The minimum atomic E-state index is -1.31. The van der Waals surface area contributed by atoms with Crippen molar-refractivity contribution < 1.29 is 13.9 Å². The summed E-state index contributed by atoms with van der Waals surface area (Å²) in [7, 11) is 1.87. The highest BCUT2D eigenvalue weighted by Gasteiger charge is 2.49. The van der Waals surface area contributed by atoms with Crippen LogP contribution >= 0.6 is 0 Å². The number of benzene rings is 3. The average molecular weight is 602 g/mol. The van der Waals surface area contributed by atoms with Gasteiger partial charge in [0.2, 0.25) is 5.95 Å². The summed E-state index contributed by atoms with van der Waals surface area (Å²) in [4.78, 5) is 22.9. The molecule has 1 aromatic heterocycles. The second-order valence-electron chi connectivity index (χ2n) is 12.5. The molecule has 226 valence electrons. The number of anilines is 1. The van der Waals surface area contributed by atoms with E-state index in [0.29, 0.717) is 41.4 Å². The molecule has 4 heterocycles. The van der Waals surface area contributed by atoms with E-state index in [-0.39, 0.29) is 24.3 Å². The van der Waals surface area contributed by atoms with Gasteiger partial charge in [-0.1, -0.05) is 36.4 Å². The molecule has 4 aliphatic rings. The maximum absolute atomic E-state index is 15.5. The molecule has 4 aromatic rings. The Morgan fingerprint density at radius 2 is 2.04 bits per heavy atom. The monoisotopic (exact) mass is 601 g/mol. The number of hydrogen-bond donors (Lipinski definition) is 0. The van der Waals surface area contributed by atoms with E-state index in [0.717, 1.165) is 53.4 Å². The van der Waals surface area contributed by atoms with Gasteiger partial charge in [0.15, 0.2) is 5.82 Å². The number of aryl methyl sites for hydroxylation is 1. The molecular formula is C35H32FN7O2. The minimum Gasteiger partial charge on any atom is -0.376 e. The first-order valence-corrected chi connectivity index (χ1v) is 15.5. The molecule has 0 N–H and O–H groups in total. The molecule has 45 heavy (non-hydrogen) atoms. The van der Waals surface area contributed by atoms with Crippen molar-refractivity contribution in [3.05, 3.63) is 88.6 Å². The Morgan fingerprint density at radius 1 is 1.18 bits per heavy atom. The Labute approximate surface area is 260 Å². The summed E-state index contributed by atoms with van der Waals surface area (Å²) in [6.45, 7) is 4.87. The lowest BCUT2D eigenvalue weighted by Crippen LogP contribution is -2.49. The topological polar surface area (TPSA) is 99.6 Å². The quantitative estimate of drug-likeness (QED) is 0.261. The maximum atomic E-state index is 15.5. The van der Waals surface area contributed by atoms with Crippen molar-refractivity contribution in [2.45, 2.75) is 50.3 Å². The number of morpholine rings is 1. The number of nitriles is 1. The Bertz CT molecular complexity index is 1990. The van der Waals surface area contributed by atoms with Crippen molar-refractivity contribution in [1.29, 1.82) is 5.26 Å². The molecule has 1 unspecified atom stereocenters. The van der Waals surface area contributed by atoms with Crippen LogP contribution in [0.4, 0.5) is 10.1 Å². The highest BCUT2D eigenvalue weighted by Crippen LogP contribution is 2.53. The molecule has 0 bridgehead atoms. The minimum absolute atomic E-state index is 0.114. The van der Waals surface area contributed by atoms with E-state index in [2.05, 4.69) is 39.1 Å². The molecular weight excluding hydrogens is 569 g/mol. The van der Waals surface area contributed by atoms with Crippen LogP contribution in [0.3, 0.4) is 0 Å². The smallest absolute Gasteiger partial charge is 0.260 e. The molecule has 9 nitrogen and oxygen atoms in total. The standard InChI is InChI=1S/C35H32FN7O2/c1-21-18-42(14-15-45-21)19-24-9-8-22-4-3-5-28-31(22)32(24)34(44)43(28)35(12-13-38-29(36)16-35)27-11-10-25(33-40-39-20-41(33)2)30(23-6-7-23)26(27)17-37/h3-5,8-11,13,16,20-21,23H,6-7,12,14-15,18-19H2,1-2H3/t21-,35?/m1/s1. The van der Waals surface area contributed by atoms with Crippen LogP contribution in [-0.2, 0) is 23.9 Å². The Morgan fingerprint density at radius 3 is 2.78 bits per heavy atom. The fourth-order valence-corrected chi connectivity index (χ4v) is 7.51. The van der Waals surface area contributed by atoms with Crippen LogP contribution in [0.1, 0.15) is 64.7 Å².